The van der Waals surface area contributed by atoms with Gasteiger partial charge in [-0.05, 0) is 25.1 Å². The second-order valence-corrected chi connectivity index (χ2v) is 4.34. The predicted molar refractivity (Wildman–Crippen MR) is 69.0 cm³/mol. The number of benzene rings is 1. The lowest BCUT2D eigenvalue weighted by molar-refractivity contribution is -0.137. The van der Waals surface area contributed by atoms with E-state index in [2.05, 4.69) is 18.2 Å². The highest BCUT2D eigenvalue weighted by molar-refractivity contribution is 5.98. The molecular weight excluding hydrogens is 285 g/mol. The van der Waals surface area contributed by atoms with Crippen molar-refractivity contribution in [1.29, 1.82) is 5.26 Å². The summed E-state index contributed by atoms with van der Waals surface area (Å²) in [5, 5.41) is 11.0. The van der Waals surface area contributed by atoms with Gasteiger partial charge in [-0.25, -0.2) is 0 Å². The van der Waals surface area contributed by atoms with Gasteiger partial charge in [0.15, 0.2) is 5.60 Å². The molecule has 0 aromatic heterocycles. The van der Waals surface area contributed by atoms with Gasteiger partial charge in [-0.2, -0.15) is 18.4 Å². The van der Waals surface area contributed by atoms with E-state index in [-0.39, 0.29) is 12.3 Å². The number of alkyl halides is 3. The zero-order valence-electron chi connectivity index (χ0n) is 11.0. The number of epoxide rings is 1. The van der Waals surface area contributed by atoms with Gasteiger partial charge in [0.1, 0.15) is 0 Å². The van der Waals surface area contributed by atoms with E-state index in [0.717, 1.165) is 12.1 Å². The molecule has 2 rings (SSSR count). The third-order valence-electron chi connectivity index (χ3n) is 2.76. The van der Waals surface area contributed by atoms with Crippen LogP contribution in [0.25, 0.3) is 0 Å². The van der Waals surface area contributed by atoms with Gasteiger partial charge in [0.2, 0.25) is 0 Å². The molecule has 1 saturated heterocycles. The largest absolute Gasteiger partial charge is 0.417 e. The maximum absolute atomic E-state index is 12.7. The molecule has 0 saturated carbocycles. The lowest BCUT2D eigenvalue weighted by Crippen LogP contribution is -2.28. The molecule has 1 N–H and O–H groups in total. The van der Waals surface area contributed by atoms with Gasteiger partial charge >= 0.3 is 6.18 Å². The number of nitrogens with one attached hydrogen (secondary N) is 1. The third kappa shape index (κ3) is 3.74. The second-order valence-electron chi connectivity index (χ2n) is 4.34. The van der Waals surface area contributed by atoms with Crippen LogP contribution in [0.15, 0.2) is 18.2 Å². The van der Waals surface area contributed by atoms with Crippen LogP contribution in [-0.4, -0.2) is 18.1 Å². The average molecular weight is 296 g/mol. The lowest BCUT2D eigenvalue weighted by Gasteiger charge is -2.12. The summed E-state index contributed by atoms with van der Waals surface area (Å²) in [4.78, 5) is 11.6. The first-order chi connectivity index (χ1) is 9.76. The molecule has 0 bridgehead atoms. The minimum absolute atomic E-state index is 0.0203. The fourth-order valence-electron chi connectivity index (χ4n) is 1.46. The van der Waals surface area contributed by atoms with E-state index >= 15 is 0 Å². The minimum Gasteiger partial charge on any atom is -0.359 e. The summed E-state index contributed by atoms with van der Waals surface area (Å²) in [5.74, 6) is -0.509. The van der Waals surface area contributed by atoms with Crippen molar-refractivity contribution in [3.63, 3.8) is 0 Å². The molecule has 1 fully saturated rings. The first-order valence-electron chi connectivity index (χ1n) is 5.66. The fourth-order valence-corrected chi connectivity index (χ4v) is 1.46. The minimum atomic E-state index is -4.65. The molecule has 1 atom stereocenters. The normalized spacial score (nSPS) is 19.7. The first kappa shape index (κ1) is 16.5. The van der Waals surface area contributed by atoms with E-state index in [1.165, 1.54) is 19.1 Å². The van der Waals surface area contributed by atoms with Gasteiger partial charge < -0.3 is 10.1 Å². The number of nitrogens with zero attached hydrogens (tertiary/aromatic N) is 1. The van der Waals surface area contributed by atoms with Crippen LogP contribution in [0.5, 0.6) is 0 Å². The number of carbonyl (C=O) groups excluding carboxylic acids is 1. The smallest absolute Gasteiger partial charge is 0.359 e. The Kier molecular flexibility index (Phi) is 4.62. The summed E-state index contributed by atoms with van der Waals surface area (Å²) >= 11 is 0. The van der Waals surface area contributed by atoms with Crippen molar-refractivity contribution < 1.29 is 22.7 Å². The standard InChI is InChI=1S/C12H9F3N2O2.C2H2/c1-11(6-19-11)10(18)17-8-3-2-7(5-16)9(4-8)12(13,14)15;1-2/h2-4H,6H2,1H3,(H,17,18);1-2H. The van der Waals surface area contributed by atoms with Gasteiger partial charge in [0.25, 0.3) is 5.91 Å². The highest BCUT2D eigenvalue weighted by Gasteiger charge is 2.47. The van der Waals surface area contributed by atoms with Gasteiger partial charge in [-0.1, -0.05) is 0 Å². The number of carbonyl (C=O) groups is 1. The van der Waals surface area contributed by atoms with Crippen molar-refractivity contribution in [2.45, 2.75) is 18.7 Å². The van der Waals surface area contributed by atoms with Gasteiger partial charge in [-0.3, -0.25) is 4.79 Å². The Morgan fingerprint density at radius 1 is 1.48 bits per heavy atom. The summed E-state index contributed by atoms with van der Waals surface area (Å²) in [6, 6.07) is 4.48. The Hall–Kier alpha value is -2.51. The number of ether oxygens (including phenoxy) is 1. The van der Waals surface area contributed by atoms with Crippen LogP contribution in [0.4, 0.5) is 18.9 Å². The molecular formula is C14H11F3N2O2. The van der Waals surface area contributed by atoms with E-state index in [4.69, 9.17) is 10.00 Å². The number of rotatable bonds is 2. The summed E-state index contributed by atoms with van der Waals surface area (Å²) in [7, 11) is 0. The van der Waals surface area contributed by atoms with Crippen molar-refractivity contribution in [2.24, 2.45) is 0 Å². The molecule has 1 amide bonds. The first-order valence-corrected chi connectivity index (χ1v) is 5.66. The van der Waals surface area contributed by atoms with E-state index in [9.17, 15) is 18.0 Å². The highest BCUT2D eigenvalue weighted by atomic mass is 19.4. The number of halogens is 3. The van der Waals surface area contributed by atoms with Gasteiger partial charge in [0, 0.05) is 5.69 Å². The van der Waals surface area contributed by atoms with Crippen LogP contribution in [0, 0.1) is 24.2 Å². The molecule has 1 unspecified atom stereocenters. The van der Waals surface area contributed by atoms with Crippen LogP contribution in [0.1, 0.15) is 18.1 Å². The number of terminal acetylenes is 1. The van der Waals surface area contributed by atoms with Crippen molar-refractivity contribution >= 4 is 11.6 Å². The summed E-state index contributed by atoms with van der Waals surface area (Å²) in [5.41, 5.74) is -2.55. The topological polar surface area (TPSA) is 65.4 Å². The molecule has 4 nitrogen and oxygen atoms in total. The molecule has 110 valence electrons. The Morgan fingerprint density at radius 2 is 2.05 bits per heavy atom. The summed E-state index contributed by atoms with van der Waals surface area (Å²) in [6.45, 7) is 1.78. The van der Waals surface area contributed by atoms with E-state index < -0.39 is 28.8 Å². The van der Waals surface area contributed by atoms with Crippen LogP contribution in [-0.2, 0) is 15.7 Å². The van der Waals surface area contributed by atoms with Crippen LogP contribution in [0.2, 0.25) is 0 Å². The SMILES string of the molecule is C#C.CC1(C(=O)Nc2ccc(C#N)c(C(F)(F)F)c2)CO1. The summed E-state index contributed by atoms with van der Waals surface area (Å²) in [6.07, 6.45) is 3.35. The number of nitriles is 1. The van der Waals surface area contributed by atoms with Crippen molar-refractivity contribution in [1.82, 2.24) is 0 Å². The van der Waals surface area contributed by atoms with Crippen molar-refractivity contribution in [2.75, 3.05) is 11.9 Å². The Bertz CT molecular complexity index is 611. The monoisotopic (exact) mass is 296 g/mol. The second kappa shape index (κ2) is 5.86. The van der Waals surface area contributed by atoms with E-state index in [1.807, 2.05) is 0 Å². The van der Waals surface area contributed by atoms with Crippen LogP contribution >= 0.6 is 0 Å². The van der Waals surface area contributed by atoms with Crippen LogP contribution in [0.3, 0.4) is 0 Å². The Balaban J connectivity index is 0.00000106. The number of amides is 1. The molecule has 21 heavy (non-hydrogen) atoms. The average Bonchev–Trinajstić information content (AvgIpc) is 3.19. The van der Waals surface area contributed by atoms with Crippen molar-refractivity contribution in [3.8, 4) is 18.9 Å². The number of hydrogen-bond donors (Lipinski definition) is 1. The molecule has 0 aliphatic carbocycles. The molecule has 0 spiro atoms. The van der Waals surface area contributed by atoms with Gasteiger partial charge in [0.05, 0.1) is 23.8 Å². The summed E-state index contributed by atoms with van der Waals surface area (Å²) < 4.78 is 43.0. The van der Waals surface area contributed by atoms with Crippen LogP contribution < -0.4 is 5.32 Å². The zero-order chi connectivity index (χ0) is 16.3. The quantitative estimate of drug-likeness (QED) is 0.674. The van der Waals surface area contributed by atoms with Crippen molar-refractivity contribution in [3.05, 3.63) is 29.3 Å². The van der Waals surface area contributed by atoms with E-state index in [1.54, 1.807) is 0 Å². The molecule has 1 aromatic carbocycles. The Labute approximate surface area is 119 Å². The molecule has 1 aliphatic rings. The van der Waals surface area contributed by atoms with Gasteiger partial charge in [-0.15, -0.1) is 12.8 Å². The predicted octanol–water partition coefficient (Wildman–Crippen LogP) is 2.55. The molecule has 0 radical (unpaired) electrons. The fraction of sp³-hybridized carbons (Fsp3) is 0.286. The molecule has 1 heterocycles. The highest BCUT2D eigenvalue weighted by Crippen LogP contribution is 2.34. The Morgan fingerprint density at radius 3 is 2.48 bits per heavy atom. The molecule has 1 aromatic rings. The zero-order valence-corrected chi connectivity index (χ0v) is 11.0. The van der Waals surface area contributed by atoms with E-state index in [0.29, 0.717) is 0 Å². The molecule has 1 aliphatic heterocycles. The number of hydrogen-bond acceptors (Lipinski definition) is 3. The molecule has 7 heteroatoms. The number of anilines is 1. The maximum atomic E-state index is 12.7. The lowest BCUT2D eigenvalue weighted by atomic mass is 10.1. The maximum Gasteiger partial charge on any atom is 0.417 e. The third-order valence-corrected chi connectivity index (χ3v) is 2.76.